The maximum absolute atomic E-state index is 9.14. The summed E-state index contributed by atoms with van der Waals surface area (Å²) in [4.78, 5) is 0. The van der Waals surface area contributed by atoms with Crippen LogP contribution in [0.15, 0.2) is 0 Å². The third-order valence-electron chi connectivity index (χ3n) is 2.00. The lowest BCUT2D eigenvalue weighted by molar-refractivity contribution is 0.0147. The van der Waals surface area contributed by atoms with Crippen LogP contribution in [0.5, 0.6) is 0 Å². The molecule has 1 saturated carbocycles. The van der Waals surface area contributed by atoms with E-state index in [9.17, 15) is 0 Å². The van der Waals surface area contributed by atoms with Crippen molar-refractivity contribution in [1.29, 1.82) is 0 Å². The molecule has 3 nitrogen and oxygen atoms in total. The van der Waals surface area contributed by atoms with Gasteiger partial charge in [-0.25, -0.2) is 0 Å². The molecule has 0 heterocycles. The van der Waals surface area contributed by atoms with Crippen molar-refractivity contribution in [3.63, 3.8) is 0 Å². The summed E-state index contributed by atoms with van der Waals surface area (Å²) in [6.07, 6.45) is 2.80. The highest BCUT2D eigenvalue weighted by Crippen LogP contribution is 2.21. The van der Waals surface area contributed by atoms with Crippen molar-refractivity contribution in [3.05, 3.63) is 0 Å². The molecule has 0 saturated heterocycles. The summed E-state index contributed by atoms with van der Waals surface area (Å²) in [6.45, 7) is 1.29. The molecule has 1 rings (SSSR count). The summed E-state index contributed by atoms with van der Waals surface area (Å²) in [5.41, 5.74) is 0. The standard InChI is InChI=1S/C8H16O3/c1-10-4-5-11-8-3-2-7(9)6-8/h7-9H,2-6H2,1H3/t7-,8-/m0/s1. The number of methoxy groups -OCH3 is 1. The minimum atomic E-state index is -0.137. The van der Waals surface area contributed by atoms with Crippen LogP contribution < -0.4 is 0 Å². The van der Waals surface area contributed by atoms with Crippen molar-refractivity contribution < 1.29 is 14.6 Å². The average Bonchev–Trinajstić information content (AvgIpc) is 2.37. The zero-order valence-electron chi connectivity index (χ0n) is 6.95. The molecule has 1 N–H and O–H groups in total. The Balaban J connectivity index is 1.99. The van der Waals surface area contributed by atoms with Crippen LogP contribution in [0.4, 0.5) is 0 Å². The largest absolute Gasteiger partial charge is 0.393 e. The third kappa shape index (κ3) is 3.18. The Kier molecular flexibility index (Phi) is 3.83. The second-order valence-electron chi connectivity index (χ2n) is 2.95. The summed E-state index contributed by atoms with van der Waals surface area (Å²) in [5, 5.41) is 9.14. The second kappa shape index (κ2) is 4.70. The molecule has 0 aromatic carbocycles. The van der Waals surface area contributed by atoms with Crippen molar-refractivity contribution in [2.45, 2.75) is 31.5 Å². The van der Waals surface area contributed by atoms with Gasteiger partial charge in [-0.05, 0) is 19.3 Å². The number of rotatable bonds is 4. The van der Waals surface area contributed by atoms with Crippen molar-refractivity contribution in [2.75, 3.05) is 20.3 Å². The lowest BCUT2D eigenvalue weighted by Gasteiger charge is -2.09. The fourth-order valence-corrected chi connectivity index (χ4v) is 1.37. The second-order valence-corrected chi connectivity index (χ2v) is 2.95. The van der Waals surface area contributed by atoms with Crippen molar-refractivity contribution in [1.82, 2.24) is 0 Å². The molecule has 0 bridgehead atoms. The topological polar surface area (TPSA) is 38.7 Å². The molecular weight excluding hydrogens is 144 g/mol. The monoisotopic (exact) mass is 160 g/mol. The molecule has 0 spiro atoms. The molecule has 0 aromatic rings. The molecule has 2 atom stereocenters. The third-order valence-corrected chi connectivity index (χ3v) is 2.00. The summed E-state index contributed by atoms with van der Waals surface area (Å²) in [6, 6.07) is 0. The molecule has 1 aliphatic rings. The summed E-state index contributed by atoms with van der Waals surface area (Å²) in [7, 11) is 1.66. The Bertz CT molecular complexity index is 106. The van der Waals surface area contributed by atoms with Crippen LogP contribution in [0.1, 0.15) is 19.3 Å². The Hall–Kier alpha value is -0.120. The van der Waals surface area contributed by atoms with E-state index >= 15 is 0 Å². The molecule has 1 aliphatic carbocycles. The van der Waals surface area contributed by atoms with Crippen LogP contribution in [0.3, 0.4) is 0 Å². The molecular formula is C8H16O3. The molecule has 0 radical (unpaired) electrons. The van der Waals surface area contributed by atoms with Gasteiger partial charge in [-0.15, -0.1) is 0 Å². The zero-order valence-corrected chi connectivity index (χ0v) is 6.95. The maximum Gasteiger partial charge on any atom is 0.0704 e. The SMILES string of the molecule is COCCO[C@H]1CC[C@H](O)C1. The Morgan fingerprint density at radius 3 is 2.73 bits per heavy atom. The first kappa shape index (κ1) is 8.97. The van der Waals surface area contributed by atoms with E-state index in [2.05, 4.69) is 0 Å². The zero-order chi connectivity index (χ0) is 8.10. The molecule has 3 heteroatoms. The smallest absolute Gasteiger partial charge is 0.0704 e. The molecule has 1 fully saturated rings. The van der Waals surface area contributed by atoms with Gasteiger partial charge in [0.2, 0.25) is 0 Å². The van der Waals surface area contributed by atoms with E-state index in [1.54, 1.807) is 7.11 Å². The fraction of sp³-hybridized carbons (Fsp3) is 1.00. The van der Waals surface area contributed by atoms with Gasteiger partial charge in [0.25, 0.3) is 0 Å². The predicted molar refractivity (Wildman–Crippen MR) is 41.5 cm³/mol. The van der Waals surface area contributed by atoms with Gasteiger partial charge in [-0.1, -0.05) is 0 Å². The van der Waals surface area contributed by atoms with E-state index in [1.807, 2.05) is 0 Å². The molecule has 66 valence electrons. The first-order valence-electron chi connectivity index (χ1n) is 4.11. The van der Waals surface area contributed by atoms with Gasteiger partial charge < -0.3 is 14.6 Å². The Morgan fingerprint density at radius 1 is 1.36 bits per heavy atom. The fourth-order valence-electron chi connectivity index (χ4n) is 1.37. The summed E-state index contributed by atoms with van der Waals surface area (Å²) >= 11 is 0. The van der Waals surface area contributed by atoms with E-state index in [4.69, 9.17) is 14.6 Å². The molecule has 0 amide bonds. The van der Waals surface area contributed by atoms with Crippen LogP contribution in [0.25, 0.3) is 0 Å². The predicted octanol–water partition coefficient (Wildman–Crippen LogP) is 0.563. The first-order chi connectivity index (χ1) is 5.33. The van der Waals surface area contributed by atoms with Gasteiger partial charge in [-0.3, -0.25) is 0 Å². The number of hydrogen-bond acceptors (Lipinski definition) is 3. The minimum Gasteiger partial charge on any atom is -0.393 e. The van der Waals surface area contributed by atoms with Crippen molar-refractivity contribution in [2.24, 2.45) is 0 Å². The average molecular weight is 160 g/mol. The maximum atomic E-state index is 9.14. The van der Waals surface area contributed by atoms with E-state index < -0.39 is 0 Å². The quantitative estimate of drug-likeness (QED) is 0.611. The van der Waals surface area contributed by atoms with Gasteiger partial charge >= 0.3 is 0 Å². The van der Waals surface area contributed by atoms with Gasteiger partial charge in [0.15, 0.2) is 0 Å². The van der Waals surface area contributed by atoms with Gasteiger partial charge in [0.05, 0.1) is 25.4 Å². The Morgan fingerprint density at radius 2 is 2.18 bits per heavy atom. The molecule has 0 aliphatic heterocycles. The van der Waals surface area contributed by atoms with Crippen LogP contribution in [0.2, 0.25) is 0 Å². The normalized spacial score (nSPS) is 31.1. The minimum absolute atomic E-state index is 0.137. The van der Waals surface area contributed by atoms with Gasteiger partial charge in [-0.2, -0.15) is 0 Å². The van der Waals surface area contributed by atoms with Crippen molar-refractivity contribution in [3.8, 4) is 0 Å². The van der Waals surface area contributed by atoms with Crippen LogP contribution >= 0.6 is 0 Å². The van der Waals surface area contributed by atoms with Gasteiger partial charge in [0.1, 0.15) is 0 Å². The molecule has 11 heavy (non-hydrogen) atoms. The lowest BCUT2D eigenvalue weighted by Crippen LogP contribution is -2.13. The lowest BCUT2D eigenvalue weighted by atomic mass is 10.3. The highest BCUT2D eigenvalue weighted by Gasteiger charge is 2.22. The van der Waals surface area contributed by atoms with Crippen LogP contribution in [0, 0.1) is 0 Å². The van der Waals surface area contributed by atoms with E-state index in [-0.39, 0.29) is 12.2 Å². The number of aliphatic hydroxyl groups excluding tert-OH is 1. The molecule has 0 aromatic heterocycles. The van der Waals surface area contributed by atoms with Crippen LogP contribution in [-0.2, 0) is 9.47 Å². The van der Waals surface area contributed by atoms with E-state index in [1.165, 1.54) is 0 Å². The highest BCUT2D eigenvalue weighted by atomic mass is 16.5. The van der Waals surface area contributed by atoms with Crippen molar-refractivity contribution >= 4 is 0 Å². The van der Waals surface area contributed by atoms with Crippen LogP contribution in [-0.4, -0.2) is 37.6 Å². The number of hydrogen-bond donors (Lipinski definition) is 1. The van der Waals surface area contributed by atoms with Gasteiger partial charge in [0, 0.05) is 7.11 Å². The molecule has 0 unspecified atom stereocenters. The number of aliphatic hydroxyl groups is 1. The highest BCUT2D eigenvalue weighted by molar-refractivity contribution is 4.74. The Labute approximate surface area is 67.3 Å². The first-order valence-corrected chi connectivity index (χ1v) is 4.11. The van der Waals surface area contributed by atoms with E-state index in [0.717, 1.165) is 19.3 Å². The van der Waals surface area contributed by atoms with E-state index in [0.29, 0.717) is 13.2 Å². The summed E-state index contributed by atoms with van der Waals surface area (Å²) < 4.78 is 10.3. The number of ether oxygens (including phenoxy) is 2. The summed E-state index contributed by atoms with van der Waals surface area (Å²) in [5.74, 6) is 0.